The van der Waals surface area contributed by atoms with Crippen LogP contribution in [0.25, 0.3) is 0 Å². The third-order valence-corrected chi connectivity index (χ3v) is 2.28. The number of aryl methyl sites for hydroxylation is 2. The molecule has 3 heteroatoms. The van der Waals surface area contributed by atoms with Gasteiger partial charge in [0.15, 0.2) is 0 Å². The maximum absolute atomic E-state index is 11.8. The average Bonchev–Trinajstić information content (AvgIpc) is 2.14. The second kappa shape index (κ2) is 4.99. The summed E-state index contributed by atoms with van der Waals surface area (Å²) in [5, 5.41) is 3.14. The van der Waals surface area contributed by atoms with Crippen molar-refractivity contribution in [3.8, 4) is 0 Å². The summed E-state index contributed by atoms with van der Waals surface area (Å²) in [5.74, 6) is -0.104. The van der Waals surface area contributed by atoms with Gasteiger partial charge in [-0.05, 0) is 25.0 Å². The van der Waals surface area contributed by atoms with E-state index in [0.29, 0.717) is 11.6 Å². The number of halogens is 1. The van der Waals surface area contributed by atoms with Gasteiger partial charge < -0.3 is 5.32 Å². The molecule has 0 saturated carbocycles. The number of hydrogen-bond acceptors (Lipinski definition) is 1. The highest BCUT2D eigenvalue weighted by Gasteiger charge is 2.10. The summed E-state index contributed by atoms with van der Waals surface area (Å²) in [6.45, 7) is 7.64. The SMILES string of the molecule is C=C(Cl)CNC(=O)c1c(C)cccc1C. The smallest absolute Gasteiger partial charge is 0.252 e. The van der Waals surface area contributed by atoms with Crippen molar-refractivity contribution in [2.75, 3.05) is 6.54 Å². The fraction of sp³-hybridized carbons (Fsp3) is 0.250. The molecule has 2 nitrogen and oxygen atoms in total. The van der Waals surface area contributed by atoms with Crippen molar-refractivity contribution in [3.05, 3.63) is 46.5 Å². The van der Waals surface area contributed by atoms with Gasteiger partial charge in [0.2, 0.25) is 0 Å². The fourth-order valence-electron chi connectivity index (χ4n) is 1.44. The first-order valence-corrected chi connectivity index (χ1v) is 5.08. The van der Waals surface area contributed by atoms with Crippen molar-refractivity contribution in [1.82, 2.24) is 5.32 Å². The molecule has 0 aliphatic heterocycles. The summed E-state index contributed by atoms with van der Waals surface area (Å²) >= 11 is 5.58. The van der Waals surface area contributed by atoms with Gasteiger partial charge in [-0.3, -0.25) is 4.79 Å². The van der Waals surface area contributed by atoms with Gasteiger partial charge >= 0.3 is 0 Å². The normalized spacial score (nSPS) is 9.80. The molecule has 15 heavy (non-hydrogen) atoms. The molecule has 80 valence electrons. The Balaban J connectivity index is 2.86. The molecule has 1 amide bonds. The Hall–Kier alpha value is -1.28. The number of rotatable bonds is 3. The van der Waals surface area contributed by atoms with Crippen LogP contribution in [-0.2, 0) is 0 Å². The topological polar surface area (TPSA) is 29.1 Å². The second-order valence-corrected chi connectivity index (χ2v) is 4.00. The van der Waals surface area contributed by atoms with E-state index < -0.39 is 0 Å². The zero-order valence-corrected chi connectivity index (χ0v) is 9.69. The summed E-state index contributed by atoms with van der Waals surface area (Å²) in [6.07, 6.45) is 0. The Kier molecular flexibility index (Phi) is 3.92. The Labute approximate surface area is 94.9 Å². The Bertz CT molecular complexity index is 378. The quantitative estimate of drug-likeness (QED) is 0.839. The molecule has 0 unspecified atom stereocenters. The highest BCUT2D eigenvalue weighted by molar-refractivity contribution is 6.29. The van der Waals surface area contributed by atoms with Crippen LogP contribution in [0.5, 0.6) is 0 Å². The van der Waals surface area contributed by atoms with E-state index in [-0.39, 0.29) is 5.91 Å². The first-order chi connectivity index (χ1) is 7.02. The Morgan fingerprint density at radius 3 is 2.40 bits per heavy atom. The zero-order chi connectivity index (χ0) is 11.4. The molecule has 0 aliphatic rings. The molecule has 0 atom stereocenters. The van der Waals surface area contributed by atoms with Gasteiger partial charge in [0, 0.05) is 10.6 Å². The fourth-order valence-corrected chi connectivity index (χ4v) is 1.50. The largest absolute Gasteiger partial charge is 0.347 e. The molecule has 0 aromatic heterocycles. The van der Waals surface area contributed by atoms with Crippen molar-refractivity contribution in [3.63, 3.8) is 0 Å². The Morgan fingerprint density at radius 2 is 1.93 bits per heavy atom. The molecule has 0 aliphatic carbocycles. The van der Waals surface area contributed by atoms with Crippen LogP contribution in [0.1, 0.15) is 21.5 Å². The van der Waals surface area contributed by atoms with Crippen molar-refractivity contribution < 1.29 is 4.79 Å². The van der Waals surface area contributed by atoms with Crippen LogP contribution in [0.3, 0.4) is 0 Å². The lowest BCUT2D eigenvalue weighted by Gasteiger charge is -2.09. The van der Waals surface area contributed by atoms with E-state index in [4.69, 9.17) is 11.6 Å². The molecule has 0 saturated heterocycles. The summed E-state index contributed by atoms with van der Waals surface area (Å²) in [4.78, 5) is 11.8. The summed E-state index contributed by atoms with van der Waals surface area (Å²) in [5.41, 5.74) is 2.65. The minimum atomic E-state index is -0.104. The predicted molar refractivity (Wildman–Crippen MR) is 63.2 cm³/mol. The minimum absolute atomic E-state index is 0.104. The van der Waals surface area contributed by atoms with Crippen LogP contribution >= 0.6 is 11.6 Å². The summed E-state index contributed by atoms with van der Waals surface area (Å²) < 4.78 is 0. The van der Waals surface area contributed by atoms with Gasteiger partial charge in [0.1, 0.15) is 0 Å². The summed E-state index contributed by atoms with van der Waals surface area (Å²) in [6, 6.07) is 5.76. The predicted octanol–water partition coefficient (Wildman–Crippen LogP) is 2.79. The van der Waals surface area contributed by atoms with E-state index >= 15 is 0 Å². The molecule has 0 radical (unpaired) electrons. The molecule has 0 fully saturated rings. The highest BCUT2D eigenvalue weighted by atomic mass is 35.5. The van der Waals surface area contributed by atoms with Gasteiger partial charge in [-0.25, -0.2) is 0 Å². The molecule has 1 aromatic carbocycles. The van der Waals surface area contributed by atoms with Crippen molar-refractivity contribution >= 4 is 17.5 Å². The number of nitrogens with one attached hydrogen (secondary N) is 1. The van der Waals surface area contributed by atoms with Crippen LogP contribution in [0.4, 0.5) is 0 Å². The molecule has 1 rings (SSSR count). The van der Waals surface area contributed by atoms with E-state index in [9.17, 15) is 4.79 Å². The lowest BCUT2D eigenvalue weighted by Crippen LogP contribution is -2.26. The van der Waals surface area contributed by atoms with Gasteiger partial charge in [0.25, 0.3) is 5.91 Å². The first kappa shape index (κ1) is 11.8. The minimum Gasteiger partial charge on any atom is -0.347 e. The zero-order valence-electron chi connectivity index (χ0n) is 8.93. The van der Waals surface area contributed by atoms with E-state index in [1.165, 1.54) is 0 Å². The Morgan fingerprint density at radius 1 is 1.40 bits per heavy atom. The van der Waals surface area contributed by atoms with Crippen molar-refractivity contribution in [2.24, 2.45) is 0 Å². The highest BCUT2D eigenvalue weighted by Crippen LogP contribution is 2.12. The molecule has 1 N–H and O–H groups in total. The molecule has 0 heterocycles. The van der Waals surface area contributed by atoms with Crippen LogP contribution in [-0.4, -0.2) is 12.5 Å². The van der Waals surface area contributed by atoms with Gasteiger partial charge in [-0.2, -0.15) is 0 Å². The number of carbonyl (C=O) groups excluding carboxylic acids is 1. The number of amides is 1. The molecular weight excluding hydrogens is 210 g/mol. The maximum Gasteiger partial charge on any atom is 0.252 e. The third-order valence-electron chi connectivity index (χ3n) is 2.15. The number of carbonyl (C=O) groups is 1. The van der Waals surface area contributed by atoms with E-state index in [0.717, 1.165) is 16.7 Å². The number of benzene rings is 1. The molecule has 0 spiro atoms. The summed E-state index contributed by atoms with van der Waals surface area (Å²) in [7, 11) is 0. The van der Waals surface area contributed by atoms with E-state index in [1.807, 2.05) is 32.0 Å². The molecular formula is C12H14ClNO. The van der Waals surface area contributed by atoms with Crippen molar-refractivity contribution in [1.29, 1.82) is 0 Å². The average molecular weight is 224 g/mol. The monoisotopic (exact) mass is 223 g/mol. The van der Waals surface area contributed by atoms with E-state index in [2.05, 4.69) is 11.9 Å². The maximum atomic E-state index is 11.8. The van der Waals surface area contributed by atoms with Gasteiger partial charge in [-0.15, -0.1) is 0 Å². The van der Waals surface area contributed by atoms with Crippen molar-refractivity contribution in [2.45, 2.75) is 13.8 Å². The third kappa shape index (κ3) is 3.10. The lowest BCUT2D eigenvalue weighted by atomic mass is 10.0. The molecule has 0 bridgehead atoms. The van der Waals surface area contributed by atoms with Gasteiger partial charge in [-0.1, -0.05) is 36.4 Å². The van der Waals surface area contributed by atoms with Crippen LogP contribution < -0.4 is 5.32 Å². The second-order valence-electron chi connectivity index (χ2n) is 3.47. The first-order valence-electron chi connectivity index (χ1n) is 4.70. The molecule has 1 aromatic rings. The van der Waals surface area contributed by atoms with Gasteiger partial charge in [0.05, 0.1) is 6.54 Å². The lowest BCUT2D eigenvalue weighted by molar-refractivity contribution is 0.0956. The van der Waals surface area contributed by atoms with Crippen LogP contribution in [0.2, 0.25) is 0 Å². The van der Waals surface area contributed by atoms with Crippen LogP contribution in [0, 0.1) is 13.8 Å². The number of hydrogen-bond donors (Lipinski definition) is 1. The van der Waals surface area contributed by atoms with Crippen LogP contribution in [0.15, 0.2) is 29.8 Å². The van der Waals surface area contributed by atoms with E-state index in [1.54, 1.807) is 0 Å². The standard InChI is InChI=1S/C12H14ClNO/c1-8-5-4-6-9(2)11(8)12(15)14-7-10(3)13/h4-6H,3,7H2,1-2H3,(H,14,15).